The smallest absolute Gasteiger partial charge is 0.220 e. The Morgan fingerprint density at radius 1 is 1.37 bits per heavy atom. The number of benzene rings is 1. The van der Waals surface area contributed by atoms with Crippen molar-refractivity contribution in [1.29, 1.82) is 0 Å². The molecule has 0 aliphatic carbocycles. The Morgan fingerprint density at radius 2 is 2.22 bits per heavy atom. The van der Waals surface area contributed by atoms with Crippen molar-refractivity contribution in [3.63, 3.8) is 0 Å². The van der Waals surface area contributed by atoms with Crippen molar-refractivity contribution >= 4 is 32.6 Å². The number of piperidine rings is 1. The van der Waals surface area contributed by atoms with Gasteiger partial charge in [0.05, 0.1) is 15.9 Å². The van der Waals surface area contributed by atoms with Gasteiger partial charge in [0.2, 0.25) is 5.91 Å². The molecule has 0 saturated carbocycles. The van der Waals surface area contributed by atoms with Gasteiger partial charge in [0.15, 0.2) is 5.13 Å². The third-order valence-corrected chi connectivity index (χ3v) is 6.22. The highest BCUT2D eigenvalue weighted by Gasteiger charge is 2.24. The van der Waals surface area contributed by atoms with Gasteiger partial charge in [0.1, 0.15) is 5.76 Å². The van der Waals surface area contributed by atoms with Crippen molar-refractivity contribution < 1.29 is 9.32 Å². The Hall–Kier alpha value is -2.41. The Labute approximate surface area is 162 Å². The second-order valence-corrected chi connectivity index (χ2v) is 8.13. The standard InChI is InChI=1S/C20H24N4O2S/c1-13-16(14(2)26-23-13)9-10-19(25)21-15-6-5-11-24(12-15)20-22-17-7-3-4-8-18(17)27-20/h3-4,7-8,15H,5-6,9-12H2,1-2H3,(H,21,25). The van der Waals surface area contributed by atoms with Crippen LogP contribution in [0, 0.1) is 13.8 Å². The summed E-state index contributed by atoms with van der Waals surface area (Å²) in [7, 11) is 0. The summed E-state index contributed by atoms with van der Waals surface area (Å²) in [6.45, 7) is 5.62. The minimum Gasteiger partial charge on any atom is -0.361 e. The number of nitrogens with zero attached hydrogens (tertiary/aromatic N) is 3. The van der Waals surface area contributed by atoms with E-state index in [0.717, 1.165) is 53.6 Å². The molecule has 3 heterocycles. The van der Waals surface area contributed by atoms with Crippen LogP contribution < -0.4 is 10.2 Å². The second kappa shape index (κ2) is 7.68. The van der Waals surface area contributed by atoms with Gasteiger partial charge in [-0.25, -0.2) is 4.98 Å². The summed E-state index contributed by atoms with van der Waals surface area (Å²) >= 11 is 1.72. The van der Waals surface area contributed by atoms with Gasteiger partial charge in [-0.3, -0.25) is 4.79 Å². The zero-order valence-corrected chi connectivity index (χ0v) is 16.5. The summed E-state index contributed by atoms with van der Waals surface area (Å²) in [5.74, 6) is 0.895. The molecule has 1 aromatic carbocycles. The lowest BCUT2D eigenvalue weighted by molar-refractivity contribution is -0.121. The fourth-order valence-electron chi connectivity index (χ4n) is 3.66. The molecule has 1 N–H and O–H groups in total. The molecule has 1 unspecified atom stereocenters. The van der Waals surface area contributed by atoms with E-state index in [2.05, 4.69) is 21.4 Å². The molecule has 142 valence electrons. The number of anilines is 1. The van der Waals surface area contributed by atoms with Crippen LogP contribution >= 0.6 is 11.3 Å². The lowest BCUT2D eigenvalue weighted by atomic mass is 10.0. The maximum absolute atomic E-state index is 12.4. The number of amides is 1. The average Bonchev–Trinajstić information content (AvgIpc) is 3.24. The lowest BCUT2D eigenvalue weighted by Crippen LogP contribution is -2.47. The molecule has 0 bridgehead atoms. The number of rotatable bonds is 5. The monoisotopic (exact) mass is 384 g/mol. The van der Waals surface area contributed by atoms with Crippen LogP contribution in [-0.2, 0) is 11.2 Å². The molecule has 27 heavy (non-hydrogen) atoms. The van der Waals surface area contributed by atoms with Gasteiger partial charge in [0, 0.05) is 31.1 Å². The van der Waals surface area contributed by atoms with Gasteiger partial charge in [0.25, 0.3) is 0 Å². The van der Waals surface area contributed by atoms with Gasteiger partial charge in [-0.1, -0.05) is 28.6 Å². The molecule has 0 spiro atoms. The minimum absolute atomic E-state index is 0.0890. The topological polar surface area (TPSA) is 71.3 Å². The summed E-state index contributed by atoms with van der Waals surface area (Å²) in [5, 5.41) is 8.20. The number of hydrogen-bond acceptors (Lipinski definition) is 6. The lowest BCUT2D eigenvalue weighted by Gasteiger charge is -2.33. The number of fused-ring (bicyclic) bond motifs is 1. The molecule has 1 fully saturated rings. The second-order valence-electron chi connectivity index (χ2n) is 7.12. The molecule has 2 aromatic heterocycles. The number of nitrogens with one attached hydrogen (secondary N) is 1. The van der Waals surface area contributed by atoms with Crippen molar-refractivity contribution in [3.05, 3.63) is 41.3 Å². The Kier molecular flexibility index (Phi) is 5.11. The van der Waals surface area contributed by atoms with Crippen molar-refractivity contribution in [1.82, 2.24) is 15.5 Å². The molecular weight excluding hydrogens is 360 g/mol. The average molecular weight is 385 g/mol. The Bertz CT molecular complexity index is 896. The number of carbonyl (C=O) groups excluding carboxylic acids is 1. The maximum Gasteiger partial charge on any atom is 0.220 e. The molecule has 0 radical (unpaired) electrons. The van der Waals surface area contributed by atoms with Gasteiger partial charge < -0.3 is 14.7 Å². The maximum atomic E-state index is 12.4. The molecule has 6 nitrogen and oxygen atoms in total. The third kappa shape index (κ3) is 3.98. The summed E-state index contributed by atoms with van der Waals surface area (Å²) in [5.41, 5.74) is 2.97. The number of aryl methyl sites for hydroxylation is 2. The molecule has 1 atom stereocenters. The first kappa shape index (κ1) is 18.0. The fraction of sp³-hybridized carbons (Fsp3) is 0.450. The minimum atomic E-state index is 0.0890. The van der Waals surface area contributed by atoms with E-state index in [0.29, 0.717) is 12.8 Å². The van der Waals surface area contributed by atoms with E-state index in [4.69, 9.17) is 9.51 Å². The number of thiazole rings is 1. The highest BCUT2D eigenvalue weighted by atomic mass is 32.1. The first-order valence-corrected chi connectivity index (χ1v) is 10.2. The highest BCUT2D eigenvalue weighted by molar-refractivity contribution is 7.22. The van der Waals surface area contributed by atoms with Crippen molar-refractivity contribution in [3.8, 4) is 0 Å². The first-order chi connectivity index (χ1) is 13.1. The van der Waals surface area contributed by atoms with Gasteiger partial charge in [-0.2, -0.15) is 0 Å². The molecular formula is C20H24N4O2S. The first-order valence-electron chi connectivity index (χ1n) is 9.42. The van der Waals surface area contributed by atoms with E-state index in [1.165, 1.54) is 4.70 Å². The Morgan fingerprint density at radius 3 is 3.00 bits per heavy atom. The van der Waals surface area contributed by atoms with Crippen LogP contribution in [0.4, 0.5) is 5.13 Å². The molecule has 1 aliphatic rings. The zero-order valence-electron chi connectivity index (χ0n) is 15.7. The third-order valence-electron chi connectivity index (χ3n) is 5.12. The summed E-state index contributed by atoms with van der Waals surface area (Å²) in [6.07, 6.45) is 3.20. The van der Waals surface area contributed by atoms with Crippen LogP contribution in [0.2, 0.25) is 0 Å². The van der Waals surface area contributed by atoms with Crippen LogP contribution in [0.25, 0.3) is 10.2 Å². The zero-order chi connectivity index (χ0) is 18.8. The fourth-order valence-corrected chi connectivity index (χ4v) is 4.66. The van der Waals surface area contributed by atoms with Crippen molar-refractivity contribution in [2.45, 2.75) is 45.6 Å². The van der Waals surface area contributed by atoms with E-state index in [1.54, 1.807) is 11.3 Å². The summed E-state index contributed by atoms with van der Waals surface area (Å²) in [6, 6.07) is 8.39. The number of carbonyl (C=O) groups is 1. The van der Waals surface area contributed by atoms with Crippen LogP contribution in [0.15, 0.2) is 28.8 Å². The molecule has 4 rings (SSSR count). The summed E-state index contributed by atoms with van der Waals surface area (Å²) < 4.78 is 6.38. The van der Waals surface area contributed by atoms with E-state index < -0.39 is 0 Å². The highest BCUT2D eigenvalue weighted by Crippen LogP contribution is 2.30. The van der Waals surface area contributed by atoms with Crippen LogP contribution in [0.1, 0.15) is 36.3 Å². The number of para-hydroxylation sites is 1. The summed E-state index contributed by atoms with van der Waals surface area (Å²) in [4.78, 5) is 19.5. The molecule has 1 aliphatic heterocycles. The number of aromatic nitrogens is 2. The largest absolute Gasteiger partial charge is 0.361 e. The van der Waals surface area contributed by atoms with Gasteiger partial charge in [-0.05, 0) is 45.2 Å². The molecule has 1 saturated heterocycles. The van der Waals surface area contributed by atoms with Crippen molar-refractivity contribution in [2.24, 2.45) is 0 Å². The van der Waals surface area contributed by atoms with E-state index >= 15 is 0 Å². The van der Waals surface area contributed by atoms with Crippen molar-refractivity contribution in [2.75, 3.05) is 18.0 Å². The van der Waals surface area contributed by atoms with E-state index in [1.807, 2.05) is 32.0 Å². The number of hydrogen-bond donors (Lipinski definition) is 1. The van der Waals surface area contributed by atoms with Crippen LogP contribution in [0.5, 0.6) is 0 Å². The predicted molar refractivity (Wildman–Crippen MR) is 107 cm³/mol. The van der Waals surface area contributed by atoms with Crippen LogP contribution in [-0.4, -0.2) is 35.2 Å². The Balaban J connectivity index is 1.34. The van der Waals surface area contributed by atoms with E-state index in [-0.39, 0.29) is 11.9 Å². The molecule has 3 aromatic rings. The molecule has 1 amide bonds. The van der Waals surface area contributed by atoms with Gasteiger partial charge >= 0.3 is 0 Å². The van der Waals surface area contributed by atoms with Crippen LogP contribution in [0.3, 0.4) is 0 Å². The SMILES string of the molecule is Cc1noc(C)c1CCC(=O)NC1CCCN(c2nc3ccccc3s2)C1. The quantitative estimate of drug-likeness (QED) is 0.727. The van der Waals surface area contributed by atoms with Gasteiger partial charge in [-0.15, -0.1) is 0 Å². The predicted octanol–water partition coefficient (Wildman–Crippen LogP) is 3.62. The molecule has 7 heteroatoms. The normalized spacial score (nSPS) is 17.4. The van der Waals surface area contributed by atoms with E-state index in [9.17, 15) is 4.79 Å².